The van der Waals surface area contributed by atoms with Crippen molar-refractivity contribution < 1.29 is 4.74 Å². The van der Waals surface area contributed by atoms with E-state index in [9.17, 15) is 0 Å². The van der Waals surface area contributed by atoms with E-state index in [0.29, 0.717) is 6.04 Å². The smallest absolute Gasteiger partial charge is 0.119 e. The Morgan fingerprint density at radius 1 is 1.06 bits per heavy atom. The quantitative estimate of drug-likeness (QED) is 0.632. The summed E-state index contributed by atoms with van der Waals surface area (Å²) in [7, 11) is 2.02. The zero-order valence-corrected chi connectivity index (χ0v) is 11.8. The van der Waals surface area contributed by atoms with Crippen LogP contribution in [0.15, 0.2) is 30.3 Å². The highest BCUT2D eigenvalue weighted by Gasteiger charge is 2.06. The fraction of sp³-hybridized carbons (Fsp3) is 0.625. The standard InChI is InChI=1S/C16H27NO/c1-3-4-5-6-8-11-15(17-2)14-18-16-12-9-7-10-13-16/h7,9-10,12-13,15,17H,3-6,8,11,14H2,1-2H3. The number of rotatable bonds is 10. The van der Waals surface area contributed by atoms with Crippen molar-refractivity contribution in [2.45, 2.75) is 51.5 Å². The Morgan fingerprint density at radius 2 is 1.78 bits per heavy atom. The van der Waals surface area contributed by atoms with Crippen LogP contribution in [0.5, 0.6) is 5.75 Å². The summed E-state index contributed by atoms with van der Waals surface area (Å²) in [5.74, 6) is 0.962. The second kappa shape index (κ2) is 9.95. The van der Waals surface area contributed by atoms with Crippen molar-refractivity contribution in [1.82, 2.24) is 5.32 Å². The SMILES string of the molecule is CCCCCCCC(COc1ccccc1)NC. The normalized spacial score (nSPS) is 12.3. The first kappa shape index (κ1) is 15.0. The van der Waals surface area contributed by atoms with E-state index in [0.717, 1.165) is 12.4 Å². The number of ether oxygens (including phenoxy) is 1. The Bertz CT molecular complexity index is 286. The lowest BCUT2D eigenvalue weighted by Gasteiger charge is -2.17. The molecule has 0 amide bonds. The van der Waals surface area contributed by atoms with Crippen LogP contribution < -0.4 is 10.1 Å². The van der Waals surface area contributed by atoms with Crippen molar-refractivity contribution in [3.05, 3.63) is 30.3 Å². The largest absolute Gasteiger partial charge is 0.492 e. The summed E-state index contributed by atoms with van der Waals surface area (Å²) in [5, 5.41) is 3.34. The highest BCUT2D eigenvalue weighted by molar-refractivity contribution is 5.20. The summed E-state index contributed by atoms with van der Waals surface area (Å²) in [6, 6.07) is 10.5. The highest BCUT2D eigenvalue weighted by Crippen LogP contribution is 2.11. The zero-order valence-electron chi connectivity index (χ0n) is 11.8. The molecule has 1 atom stereocenters. The molecule has 0 aliphatic rings. The number of hydrogen-bond donors (Lipinski definition) is 1. The molecule has 0 saturated carbocycles. The molecule has 0 radical (unpaired) electrons. The molecule has 18 heavy (non-hydrogen) atoms. The Morgan fingerprint density at radius 3 is 2.44 bits per heavy atom. The van der Waals surface area contributed by atoms with Crippen molar-refractivity contribution in [2.75, 3.05) is 13.7 Å². The van der Waals surface area contributed by atoms with Gasteiger partial charge >= 0.3 is 0 Å². The summed E-state index contributed by atoms with van der Waals surface area (Å²) in [6.45, 7) is 3.01. The van der Waals surface area contributed by atoms with Crippen molar-refractivity contribution in [3.8, 4) is 5.75 Å². The van der Waals surface area contributed by atoms with Crippen LogP contribution >= 0.6 is 0 Å². The van der Waals surface area contributed by atoms with E-state index in [-0.39, 0.29) is 0 Å². The lowest BCUT2D eigenvalue weighted by molar-refractivity contribution is 0.260. The molecular formula is C16H27NO. The molecule has 0 aromatic heterocycles. The molecule has 2 heteroatoms. The van der Waals surface area contributed by atoms with E-state index in [1.807, 2.05) is 37.4 Å². The third-order valence-corrected chi connectivity index (χ3v) is 3.26. The number of para-hydroxylation sites is 1. The molecule has 0 saturated heterocycles. The van der Waals surface area contributed by atoms with Gasteiger partial charge in [-0.2, -0.15) is 0 Å². The molecule has 102 valence electrons. The Labute approximate surface area is 112 Å². The molecule has 0 heterocycles. The van der Waals surface area contributed by atoms with Gasteiger partial charge in [0, 0.05) is 6.04 Å². The maximum absolute atomic E-state index is 5.77. The zero-order chi connectivity index (χ0) is 13.1. The Balaban J connectivity index is 2.13. The molecule has 0 aliphatic carbocycles. The average molecular weight is 249 g/mol. The van der Waals surface area contributed by atoms with E-state index in [4.69, 9.17) is 4.74 Å². The minimum Gasteiger partial charge on any atom is -0.492 e. The highest BCUT2D eigenvalue weighted by atomic mass is 16.5. The van der Waals surface area contributed by atoms with Gasteiger partial charge in [-0.25, -0.2) is 0 Å². The second-order valence-electron chi connectivity index (χ2n) is 4.81. The van der Waals surface area contributed by atoms with Gasteiger partial charge in [-0.1, -0.05) is 57.2 Å². The topological polar surface area (TPSA) is 21.3 Å². The molecule has 1 unspecified atom stereocenters. The molecule has 0 fully saturated rings. The van der Waals surface area contributed by atoms with Crippen LogP contribution in [0, 0.1) is 0 Å². The van der Waals surface area contributed by atoms with Gasteiger partial charge in [0.05, 0.1) is 0 Å². The Kier molecular flexibility index (Phi) is 8.32. The molecule has 1 aromatic carbocycles. The van der Waals surface area contributed by atoms with Crippen molar-refractivity contribution in [2.24, 2.45) is 0 Å². The number of benzene rings is 1. The summed E-state index contributed by atoms with van der Waals surface area (Å²) in [5.41, 5.74) is 0. The van der Waals surface area contributed by atoms with Gasteiger partial charge in [-0.15, -0.1) is 0 Å². The number of unbranched alkanes of at least 4 members (excludes halogenated alkanes) is 4. The third-order valence-electron chi connectivity index (χ3n) is 3.26. The van der Waals surface area contributed by atoms with Gasteiger partial charge in [0.15, 0.2) is 0 Å². The fourth-order valence-corrected chi connectivity index (χ4v) is 2.02. The van der Waals surface area contributed by atoms with Crippen LogP contribution in [-0.4, -0.2) is 19.7 Å². The van der Waals surface area contributed by atoms with Gasteiger partial charge in [0.25, 0.3) is 0 Å². The van der Waals surface area contributed by atoms with Crippen LogP contribution in [-0.2, 0) is 0 Å². The molecule has 1 aromatic rings. The first-order chi connectivity index (χ1) is 8.86. The van der Waals surface area contributed by atoms with Gasteiger partial charge in [0.1, 0.15) is 12.4 Å². The third kappa shape index (κ3) is 6.65. The molecule has 2 nitrogen and oxygen atoms in total. The predicted molar refractivity (Wildman–Crippen MR) is 78.2 cm³/mol. The van der Waals surface area contributed by atoms with Crippen LogP contribution in [0.25, 0.3) is 0 Å². The molecular weight excluding hydrogens is 222 g/mol. The van der Waals surface area contributed by atoms with Gasteiger partial charge < -0.3 is 10.1 Å². The van der Waals surface area contributed by atoms with Crippen LogP contribution in [0.4, 0.5) is 0 Å². The van der Waals surface area contributed by atoms with E-state index in [1.165, 1.54) is 38.5 Å². The van der Waals surface area contributed by atoms with Crippen LogP contribution in [0.1, 0.15) is 45.4 Å². The summed E-state index contributed by atoms with van der Waals surface area (Å²) >= 11 is 0. The summed E-state index contributed by atoms with van der Waals surface area (Å²) in [6.07, 6.45) is 7.89. The maximum atomic E-state index is 5.77. The molecule has 1 rings (SSSR count). The minimum absolute atomic E-state index is 0.465. The van der Waals surface area contributed by atoms with Gasteiger partial charge in [-0.05, 0) is 25.6 Å². The molecule has 0 aliphatic heterocycles. The summed E-state index contributed by atoms with van der Waals surface area (Å²) < 4.78 is 5.77. The monoisotopic (exact) mass is 249 g/mol. The van der Waals surface area contributed by atoms with Crippen molar-refractivity contribution >= 4 is 0 Å². The number of hydrogen-bond acceptors (Lipinski definition) is 2. The minimum atomic E-state index is 0.465. The Hall–Kier alpha value is -1.02. The van der Waals surface area contributed by atoms with Crippen molar-refractivity contribution in [1.29, 1.82) is 0 Å². The van der Waals surface area contributed by atoms with Crippen molar-refractivity contribution in [3.63, 3.8) is 0 Å². The lowest BCUT2D eigenvalue weighted by atomic mass is 10.1. The van der Waals surface area contributed by atoms with E-state index < -0.39 is 0 Å². The molecule has 1 N–H and O–H groups in total. The fourth-order valence-electron chi connectivity index (χ4n) is 2.02. The average Bonchev–Trinajstić information content (AvgIpc) is 2.43. The van der Waals surface area contributed by atoms with Gasteiger partial charge in [0.2, 0.25) is 0 Å². The summed E-state index contributed by atoms with van der Waals surface area (Å²) in [4.78, 5) is 0. The number of nitrogens with one attached hydrogen (secondary N) is 1. The lowest BCUT2D eigenvalue weighted by Crippen LogP contribution is -2.31. The van der Waals surface area contributed by atoms with Crippen LogP contribution in [0.3, 0.4) is 0 Å². The van der Waals surface area contributed by atoms with E-state index >= 15 is 0 Å². The van der Waals surface area contributed by atoms with E-state index in [1.54, 1.807) is 0 Å². The second-order valence-corrected chi connectivity index (χ2v) is 4.81. The predicted octanol–water partition coefficient (Wildman–Crippen LogP) is 4.01. The number of likely N-dealkylation sites (N-methyl/N-ethyl adjacent to an activating group) is 1. The first-order valence-electron chi connectivity index (χ1n) is 7.22. The maximum Gasteiger partial charge on any atom is 0.119 e. The van der Waals surface area contributed by atoms with Crippen LogP contribution in [0.2, 0.25) is 0 Å². The van der Waals surface area contributed by atoms with E-state index in [2.05, 4.69) is 12.2 Å². The van der Waals surface area contributed by atoms with Gasteiger partial charge in [-0.3, -0.25) is 0 Å². The first-order valence-corrected chi connectivity index (χ1v) is 7.22. The molecule has 0 spiro atoms. The molecule has 0 bridgehead atoms.